The predicted molar refractivity (Wildman–Crippen MR) is 67.9 cm³/mol. The zero-order valence-electron chi connectivity index (χ0n) is 8.37. The van der Waals surface area contributed by atoms with Crippen molar-refractivity contribution in [3.05, 3.63) is 34.4 Å². The van der Waals surface area contributed by atoms with E-state index >= 15 is 0 Å². The second-order valence-electron chi connectivity index (χ2n) is 3.62. The number of aliphatic imine (C=N–C) groups is 1. The van der Waals surface area contributed by atoms with Gasteiger partial charge in [0.2, 0.25) is 0 Å². The van der Waals surface area contributed by atoms with Gasteiger partial charge in [0.05, 0.1) is 5.70 Å². The van der Waals surface area contributed by atoms with E-state index in [0.29, 0.717) is 16.8 Å². The Morgan fingerprint density at radius 1 is 1.44 bits per heavy atom. The van der Waals surface area contributed by atoms with Crippen LogP contribution in [0, 0.1) is 0 Å². The molecule has 0 fully saturated rings. The van der Waals surface area contributed by atoms with Crippen LogP contribution >= 0.6 is 23.4 Å². The van der Waals surface area contributed by atoms with Crippen LogP contribution in [0.25, 0.3) is 5.70 Å². The van der Waals surface area contributed by atoms with E-state index in [9.17, 15) is 0 Å². The number of nitrogens with two attached hydrogens (primary N) is 1. The smallest absolute Gasteiger partial charge is 0.159 e. The van der Waals surface area contributed by atoms with Gasteiger partial charge in [-0.2, -0.15) is 0 Å². The van der Waals surface area contributed by atoms with E-state index in [1.807, 2.05) is 18.2 Å². The second-order valence-corrected chi connectivity index (χ2v) is 5.05. The highest BCUT2D eigenvalue weighted by molar-refractivity contribution is 8.14. The van der Waals surface area contributed by atoms with Crippen LogP contribution in [-0.4, -0.2) is 17.5 Å². The summed E-state index contributed by atoms with van der Waals surface area (Å²) in [6, 6.07) is 5.58. The van der Waals surface area contributed by atoms with E-state index in [1.54, 1.807) is 11.8 Å². The van der Waals surface area contributed by atoms with Crippen molar-refractivity contribution >= 4 is 34.2 Å². The molecule has 0 radical (unpaired) electrons. The van der Waals surface area contributed by atoms with Gasteiger partial charge in [-0.3, -0.25) is 0 Å². The first kappa shape index (κ1) is 10.1. The van der Waals surface area contributed by atoms with Gasteiger partial charge in [-0.1, -0.05) is 23.4 Å². The second kappa shape index (κ2) is 3.71. The van der Waals surface area contributed by atoms with Gasteiger partial charge < -0.3 is 10.5 Å². The molecule has 82 valence electrons. The van der Waals surface area contributed by atoms with Gasteiger partial charge in [-0.05, 0) is 18.2 Å². The molecule has 0 atom stereocenters. The maximum Gasteiger partial charge on any atom is 0.159 e. The first-order valence-corrected chi connectivity index (χ1v) is 6.22. The quantitative estimate of drug-likeness (QED) is 0.772. The van der Waals surface area contributed by atoms with E-state index in [0.717, 1.165) is 22.8 Å². The standard InChI is InChI=1S/C11H9ClN2OS/c12-7-1-2-8-9(3-7)15-4-6-5-16-11(13)14-10(6)8/h1-3H,4-5H2,(H2,13,14). The SMILES string of the molecule is NC1=NC2=C(COc3cc(Cl)ccc32)CS1. The minimum absolute atomic E-state index is 0.576. The number of nitrogens with zero attached hydrogens (tertiary/aromatic N) is 1. The highest BCUT2D eigenvalue weighted by Gasteiger charge is 2.23. The van der Waals surface area contributed by atoms with Crippen LogP contribution in [0.4, 0.5) is 0 Å². The minimum Gasteiger partial charge on any atom is -0.488 e. The Balaban J connectivity index is 2.16. The molecule has 1 aromatic rings. The van der Waals surface area contributed by atoms with Crippen molar-refractivity contribution in [1.82, 2.24) is 0 Å². The molecule has 0 aromatic heterocycles. The summed E-state index contributed by atoms with van der Waals surface area (Å²) in [5.41, 5.74) is 8.86. The first-order chi connectivity index (χ1) is 7.74. The Kier molecular flexibility index (Phi) is 2.33. The van der Waals surface area contributed by atoms with Crippen molar-refractivity contribution in [3.8, 4) is 5.75 Å². The van der Waals surface area contributed by atoms with Crippen molar-refractivity contribution in [2.24, 2.45) is 10.7 Å². The maximum atomic E-state index is 5.92. The van der Waals surface area contributed by atoms with E-state index in [2.05, 4.69) is 4.99 Å². The molecule has 16 heavy (non-hydrogen) atoms. The Morgan fingerprint density at radius 3 is 3.19 bits per heavy atom. The van der Waals surface area contributed by atoms with E-state index < -0.39 is 0 Å². The molecule has 5 heteroatoms. The third-order valence-electron chi connectivity index (χ3n) is 2.55. The van der Waals surface area contributed by atoms with Crippen molar-refractivity contribution in [3.63, 3.8) is 0 Å². The van der Waals surface area contributed by atoms with Crippen LogP contribution in [-0.2, 0) is 0 Å². The Bertz CT molecular complexity index is 525. The number of fused-ring (bicyclic) bond motifs is 2. The average molecular weight is 253 g/mol. The lowest BCUT2D eigenvalue weighted by molar-refractivity contribution is 0.346. The normalized spacial score (nSPS) is 18.4. The third-order valence-corrected chi connectivity index (χ3v) is 3.67. The maximum absolute atomic E-state index is 5.92. The molecule has 0 bridgehead atoms. The zero-order chi connectivity index (χ0) is 11.1. The minimum atomic E-state index is 0.576. The zero-order valence-corrected chi connectivity index (χ0v) is 9.94. The number of amidine groups is 1. The van der Waals surface area contributed by atoms with Crippen molar-refractivity contribution < 1.29 is 4.74 Å². The van der Waals surface area contributed by atoms with Gasteiger partial charge in [-0.25, -0.2) is 4.99 Å². The number of halogens is 1. The fourth-order valence-corrected chi connectivity index (χ4v) is 2.65. The molecule has 1 aromatic carbocycles. The van der Waals surface area contributed by atoms with Crippen molar-refractivity contribution in [2.75, 3.05) is 12.4 Å². The van der Waals surface area contributed by atoms with Crippen LogP contribution in [0.5, 0.6) is 5.75 Å². The number of hydrogen-bond acceptors (Lipinski definition) is 4. The van der Waals surface area contributed by atoms with Gasteiger partial charge in [0, 0.05) is 21.9 Å². The van der Waals surface area contributed by atoms with Gasteiger partial charge >= 0.3 is 0 Å². The van der Waals surface area contributed by atoms with Crippen LogP contribution in [0.3, 0.4) is 0 Å². The largest absolute Gasteiger partial charge is 0.488 e. The monoisotopic (exact) mass is 252 g/mol. The predicted octanol–water partition coefficient (Wildman–Crippen LogP) is 2.51. The number of benzene rings is 1. The number of rotatable bonds is 0. The van der Waals surface area contributed by atoms with E-state index in [4.69, 9.17) is 22.1 Å². The van der Waals surface area contributed by atoms with Crippen molar-refractivity contribution in [2.45, 2.75) is 0 Å². The summed E-state index contributed by atoms with van der Waals surface area (Å²) in [6.07, 6.45) is 0. The topological polar surface area (TPSA) is 47.6 Å². The highest BCUT2D eigenvalue weighted by Crippen LogP contribution is 2.38. The molecule has 3 nitrogen and oxygen atoms in total. The lowest BCUT2D eigenvalue weighted by Gasteiger charge is -2.24. The molecule has 2 N–H and O–H groups in total. The summed E-state index contributed by atoms with van der Waals surface area (Å²) in [5, 5.41) is 1.28. The summed E-state index contributed by atoms with van der Waals surface area (Å²) in [5.74, 6) is 1.64. The molecule has 2 aliphatic heterocycles. The Labute approximate surface area is 102 Å². The lowest BCUT2D eigenvalue weighted by Crippen LogP contribution is -2.19. The number of thioether (sulfide) groups is 1. The summed E-state index contributed by atoms with van der Waals surface area (Å²) in [7, 11) is 0. The van der Waals surface area contributed by atoms with Gasteiger partial charge in [-0.15, -0.1) is 0 Å². The molecule has 0 unspecified atom stereocenters. The van der Waals surface area contributed by atoms with E-state index in [1.165, 1.54) is 5.57 Å². The molecule has 3 rings (SSSR count). The molecule has 2 heterocycles. The first-order valence-electron chi connectivity index (χ1n) is 4.86. The molecule has 2 aliphatic rings. The third kappa shape index (κ3) is 1.58. The van der Waals surface area contributed by atoms with Crippen molar-refractivity contribution in [1.29, 1.82) is 0 Å². The molecule has 0 spiro atoms. The molecular formula is C11H9ClN2OS. The molecular weight excluding hydrogens is 244 g/mol. The summed E-state index contributed by atoms with van der Waals surface area (Å²) in [4.78, 5) is 4.39. The number of hydrogen-bond donors (Lipinski definition) is 1. The van der Waals surface area contributed by atoms with Crippen LogP contribution < -0.4 is 10.5 Å². The molecule has 0 aliphatic carbocycles. The fraction of sp³-hybridized carbons (Fsp3) is 0.182. The molecule has 0 amide bonds. The average Bonchev–Trinajstić information content (AvgIpc) is 2.28. The van der Waals surface area contributed by atoms with Gasteiger partial charge in [0.25, 0.3) is 0 Å². The van der Waals surface area contributed by atoms with Gasteiger partial charge in [0.15, 0.2) is 5.17 Å². The van der Waals surface area contributed by atoms with Gasteiger partial charge in [0.1, 0.15) is 12.4 Å². The Morgan fingerprint density at radius 2 is 2.31 bits per heavy atom. The summed E-state index contributed by atoms with van der Waals surface area (Å²) in [6.45, 7) is 0.576. The molecule has 0 saturated carbocycles. The molecule has 0 saturated heterocycles. The van der Waals surface area contributed by atoms with Crippen LogP contribution in [0.15, 0.2) is 28.8 Å². The fourth-order valence-electron chi connectivity index (χ4n) is 1.79. The van der Waals surface area contributed by atoms with Crippen LogP contribution in [0.1, 0.15) is 5.56 Å². The summed E-state index contributed by atoms with van der Waals surface area (Å²) < 4.78 is 5.64. The number of ether oxygens (including phenoxy) is 1. The highest BCUT2D eigenvalue weighted by atomic mass is 35.5. The van der Waals surface area contributed by atoms with E-state index in [-0.39, 0.29) is 0 Å². The summed E-state index contributed by atoms with van der Waals surface area (Å²) >= 11 is 7.47. The van der Waals surface area contributed by atoms with Crippen LogP contribution in [0.2, 0.25) is 5.02 Å². The lowest BCUT2D eigenvalue weighted by atomic mass is 10.0. The Hall–Kier alpha value is -1.13.